The van der Waals surface area contributed by atoms with E-state index in [1.54, 1.807) is 0 Å². The van der Waals surface area contributed by atoms with Crippen LogP contribution in [0.1, 0.15) is 440 Å². The summed E-state index contributed by atoms with van der Waals surface area (Å²) in [4.78, 5) is 73.0. The van der Waals surface area contributed by atoms with Gasteiger partial charge < -0.3 is 33.8 Å². The van der Waals surface area contributed by atoms with Gasteiger partial charge in [-0.15, -0.1) is 0 Å². The SMILES string of the molecule is CCCCCCCCCCCCCCCCCCCCCCC(=O)OC[C@H](COP(=O)(O)OC[C@@H](O)COP(=O)(O)OC[C@@H](COC(=O)CCCCCCCCCCCC)OC(=O)CCCCCCCCCCC(C)C)OC(=O)CCCCCCCCCCCCCCCCCCCCC(C)C. The molecule has 0 bridgehead atoms. The van der Waals surface area contributed by atoms with Crippen molar-refractivity contribution in [2.45, 2.75) is 458 Å². The maximum absolute atomic E-state index is 13.1. The highest BCUT2D eigenvalue weighted by Gasteiger charge is 2.30. The van der Waals surface area contributed by atoms with E-state index in [0.29, 0.717) is 25.7 Å². The van der Waals surface area contributed by atoms with Crippen LogP contribution < -0.4 is 0 Å². The highest BCUT2D eigenvalue weighted by molar-refractivity contribution is 7.47. The molecule has 0 aromatic carbocycles. The zero-order valence-electron chi connectivity index (χ0n) is 66.9. The van der Waals surface area contributed by atoms with Crippen LogP contribution in [0.4, 0.5) is 0 Å². The number of phosphoric acid groups is 2. The lowest BCUT2D eigenvalue weighted by Crippen LogP contribution is -2.30. The van der Waals surface area contributed by atoms with Gasteiger partial charge in [0.15, 0.2) is 12.2 Å². The molecule has 0 aliphatic rings. The minimum absolute atomic E-state index is 0.105. The van der Waals surface area contributed by atoms with Gasteiger partial charge >= 0.3 is 39.5 Å². The van der Waals surface area contributed by atoms with Gasteiger partial charge in [0.05, 0.1) is 26.4 Å². The number of ether oxygens (including phenoxy) is 4. The maximum atomic E-state index is 13.1. The molecule has 0 aromatic rings. The number of carbonyl (C=O) groups is 4. The van der Waals surface area contributed by atoms with Crippen molar-refractivity contribution in [2.24, 2.45) is 11.8 Å². The van der Waals surface area contributed by atoms with Crippen LogP contribution in [-0.2, 0) is 65.4 Å². The average Bonchev–Trinajstić information content (AvgIpc) is 0.911. The van der Waals surface area contributed by atoms with Gasteiger partial charge in [0.2, 0.25) is 0 Å². The number of aliphatic hydroxyl groups is 1. The Kier molecular flexibility index (Phi) is 73.1. The molecule has 0 rings (SSSR count). The van der Waals surface area contributed by atoms with Gasteiger partial charge in [0.25, 0.3) is 0 Å². The van der Waals surface area contributed by atoms with Crippen molar-refractivity contribution < 1.29 is 80.2 Å². The van der Waals surface area contributed by atoms with Crippen LogP contribution in [0.15, 0.2) is 0 Å². The summed E-state index contributed by atoms with van der Waals surface area (Å²) in [5.74, 6) is -0.571. The Balaban J connectivity index is 5.19. The van der Waals surface area contributed by atoms with Gasteiger partial charge in [0.1, 0.15) is 19.3 Å². The summed E-state index contributed by atoms with van der Waals surface area (Å²) in [5, 5.41) is 10.6. The van der Waals surface area contributed by atoms with Crippen LogP contribution in [0.25, 0.3) is 0 Å². The predicted octanol–water partition coefficient (Wildman–Crippen LogP) is 25.1. The third-order valence-corrected chi connectivity index (χ3v) is 21.4. The monoisotopic (exact) mass is 1490 g/mol. The molecule has 0 radical (unpaired) electrons. The summed E-state index contributed by atoms with van der Waals surface area (Å²) in [6.45, 7) is 9.63. The summed E-state index contributed by atoms with van der Waals surface area (Å²) < 4.78 is 68.7. The Morgan fingerprint density at radius 1 is 0.265 bits per heavy atom. The van der Waals surface area contributed by atoms with E-state index in [0.717, 1.165) is 102 Å². The number of rotatable bonds is 82. The van der Waals surface area contributed by atoms with Gasteiger partial charge in [-0.1, -0.05) is 388 Å². The number of carbonyl (C=O) groups excluding carboxylic acids is 4. The highest BCUT2D eigenvalue weighted by Crippen LogP contribution is 2.45. The Labute approximate surface area is 626 Å². The normalized spacial score (nSPS) is 13.9. The van der Waals surface area contributed by atoms with Gasteiger partial charge in [-0.25, -0.2) is 9.13 Å². The number of phosphoric ester groups is 2. The summed E-state index contributed by atoms with van der Waals surface area (Å²) in [5.41, 5.74) is 0. The first kappa shape index (κ1) is 100. The molecule has 102 heavy (non-hydrogen) atoms. The second kappa shape index (κ2) is 74.5. The lowest BCUT2D eigenvalue weighted by molar-refractivity contribution is -0.161. The number of hydrogen-bond donors (Lipinski definition) is 3. The van der Waals surface area contributed by atoms with Crippen molar-refractivity contribution in [3.63, 3.8) is 0 Å². The highest BCUT2D eigenvalue weighted by atomic mass is 31.2. The summed E-state index contributed by atoms with van der Waals surface area (Å²) >= 11 is 0. The van der Waals surface area contributed by atoms with Gasteiger partial charge in [-0.2, -0.15) is 0 Å². The Morgan fingerprint density at radius 3 is 0.667 bits per heavy atom. The fourth-order valence-electron chi connectivity index (χ4n) is 12.9. The Morgan fingerprint density at radius 2 is 0.451 bits per heavy atom. The van der Waals surface area contributed by atoms with E-state index in [4.69, 9.17) is 37.0 Å². The molecule has 5 atom stereocenters. The lowest BCUT2D eigenvalue weighted by atomic mass is 10.0. The van der Waals surface area contributed by atoms with Crippen molar-refractivity contribution in [3.8, 4) is 0 Å². The van der Waals surface area contributed by atoms with E-state index in [1.807, 2.05) is 0 Å². The molecule has 0 amide bonds. The predicted molar refractivity (Wildman–Crippen MR) is 418 cm³/mol. The van der Waals surface area contributed by atoms with Crippen LogP contribution in [0.3, 0.4) is 0 Å². The molecule has 3 N–H and O–H groups in total. The second-order valence-electron chi connectivity index (χ2n) is 30.8. The van der Waals surface area contributed by atoms with E-state index < -0.39 is 97.5 Å². The van der Waals surface area contributed by atoms with Crippen molar-refractivity contribution >= 4 is 39.5 Å². The third-order valence-electron chi connectivity index (χ3n) is 19.5. The number of unbranched alkanes of at least 4 members (excludes halogenated alkanes) is 52. The first-order valence-corrected chi connectivity index (χ1v) is 46.0. The quantitative estimate of drug-likeness (QED) is 0.0222. The van der Waals surface area contributed by atoms with E-state index in [2.05, 4.69) is 41.5 Å². The molecule has 606 valence electrons. The molecular weight excluding hydrogens is 1330 g/mol. The van der Waals surface area contributed by atoms with E-state index in [9.17, 15) is 43.2 Å². The van der Waals surface area contributed by atoms with Gasteiger partial charge in [-0.05, 0) is 37.5 Å². The van der Waals surface area contributed by atoms with Crippen LogP contribution in [0.5, 0.6) is 0 Å². The van der Waals surface area contributed by atoms with E-state index >= 15 is 0 Å². The molecular formula is C83H162O17P2. The van der Waals surface area contributed by atoms with Crippen molar-refractivity contribution in [1.82, 2.24) is 0 Å². The minimum atomic E-state index is -4.96. The molecule has 0 aromatic heterocycles. The molecule has 17 nitrogen and oxygen atoms in total. The molecule has 0 aliphatic carbocycles. The molecule has 0 fully saturated rings. The van der Waals surface area contributed by atoms with Crippen molar-refractivity contribution in [2.75, 3.05) is 39.6 Å². The topological polar surface area (TPSA) is 237 Å². The fourth-order valence-corrected chi connectivity index (χ4v) is 14.5. The van der Waals surface area contributed by atoms with Gasteiger partial charge in [0, 0.05) is 25.7 Å². The van der Waals surface area contributed by atoms with Crippen LogP contribution in [0.2, 0.25) is 0 Å². The van der Waals surface area contributed by atoms with Crippen molar-refractivity contribution in [1.29, 1.82) is 0 Å². The zero-order valence-corrected chi connectivity index (χ0v) is 68.7. The molecule has 0 saturated heterocycles. The van der Waals surface area contributed by atoms with E-state index in [1.165, 1.54) is 257 Å². The Hall–Kier alpha value is -1.94. The standard InChI is InChI=1S/C83H162O17P2/c1-7-9-11-13-15-17-19-20-21-22-23-24-28-31-34-37-41-48-54-60-66-81(86)94-71-78(99-82(87)67-61-55-49-42-38-35-32-29-26-25-27-30-33-36-39-45-51-57-63-75(3)4)73-97-101(89,90)95-69-77(84)70-96-102(91,92)98-74-79(72-93-80(85)65-59-53-47-40-18-16-14-12-10-8-2)100-83(88)68-62-56-50-44-43-46-52-58-64-76(5)6/h75-79,84H,7-74H2,1-6H3,(H,89,90)(H,91,92)/t77-,78-,79-/m1/s1. The largest absolute Gasteiger partial charge is 0.472 e. The lowest BCUT2D eigenvalue weighted by Gasteiger charge is -2.21. The molecule has 0 spiro atoms. The smallest absolute Gasteiger partial charge is 0.462 e. The van der Waals surface area contributed by atoms with Crippen LogP contribution >= 0.6 is 15.6 Å². The first-order valence-electron chi connectivity index (χ1n) is 43.0. The zero-order chi connectivity index (χ0) is 74.9. The number of hydrogen-bond acceptors (Lipinski definition) is 15. The van der Waals surface area contributed by atoms with E-state index in [-0.39, 0.29) is 25.7 Å². The van der Waals surface area contributed by atoms with Gasteiger partial charge in [-0.3, -0.25) is 37.3 Å². The first-order chi connectivity index (χ1) is 49.4. The summed E-state index contributed by atoms with van der Waals surface area (Å²) in [7, 11) is -9.92. The molecule has 19 heteroatoms. The second-order valence-corrected chi connectivity index (χ2v) is 33.7. The average molecular weight is 1490 g/mol. The molecule has 2 unspecified atom stereocenters. The molecule has 0 heterocycles. The Bertz CT molecular complexity index is 1960. The summed E-state index contributed by atoms with van der Waals surface area (Å²) in [6, 6.07) is 0. The fraction of sp³-hybridized carbons (Fsp3) is 0.952. The van der Waals surface area contributed by atoms with Crippen molar-refractivity contribution in [3.05, 3.63) is 0 Å². The molecule has 0 aliphatic heterocycles. The summed E-state index contributed by atoms with van der Waals surface area (Å²) in [6.07, 6.45) is 65.5. The van der Waals surface area contributed by atoms with Crippen LogP contribution in [-0.4, -0.2) is 96.7 Å². The maximum Gasteiger partial charge on any atom is 0.472 e. The minimum Gasteiger partial charge on any atom is -0.462 e. The third kappa shape index (κ3) is 76.3. The van der Waals surface area contributed by atoms with Crippen LogP contribution in [0, 0.1) is 11.8 Å². The molecule has 0 saturated carbocycles. The number of esters is 4. The number of aliphatic hydroxyl groups excluding tert-OH is 1.